The van der Waals surface area contributed by atoms with Crippen molar-refractivity contribution in [1.29, 1.82) is 0 Å². The number of ether oxygens (including phenoxy) is 1. The van der Waals surface area contributed by atoms with Gasteiger partial charge in [0, 0.05) is 24.9 Å². The quantitative estimate of drug-likeness (QED) is 0.550. The van der Waals surface area contributed by atoms with Crippen molar-refractivity contribution >= 4 is 18.0 Å². The smallest absolute Gasteiger partial charge is 0.407 e. The summed E-state index contributed by atoms with van der Waals surface area (Å²) in [5, 5.41) is 14.2. The van der Waals surface area contributed by atoms with Gasteiger partial charge in [-0.15, -0.1) is 0 Å². The van der Waals surface area contributed by atoms with E-state index in [9.17, 15) is 14.4 Å². The zero-order valence-corrected chi connectivity index (χ0v) is 18.7. The largest absolute Gasteiger partial charge is 0.481 e. The van der Waals surface area contributed by atoms with Crippen molar-refractivity contribution in [2.45, 2.75) is 45.6 Å². The molecule has 32 heavy (non-hydrogen) atoms. The maximum Gasteiger partial charge on any atom is 0.407 e. The van der Waals surface area contributed by atoms with Crippen LogP contribution in [-0.2, 0) is 14.3 Å². The van der Waals surface area contributed by atoms with Crippen LogP contribution in [-0.4, -0.2) is 42.3 Å². The van der Waals surface area contributed by atoms with Crippen molar-refractivity contribution in [3.05, 3.63) is 59.7 Å². The van der Waals surface area contributed by atoms with E-state index in [4.69, 9.17) is 9.84 Å². The normalized spacial score (nSPS) is 13.6. The number of carbonyl (C=O) groups excluding carboxylic acids is 2. The highest BCUT2D eigenvalue weighted by molar-refractivity contribution is 5.79. The van der Waals surface area contributed by atoms with E-state index in [0.29, 0.717) is 0 Å². The number of hydrogen-bond acceptors (Lipinski definition) is 4. The molecule has 0 aliphatic heterocycles. The molecule has 3 N–H and O–H groups in total. The molecule has 1 atom stereocenters. The molecule has 0 saturated heterocycles. The van der Waals surface area contributed by atoms with E-state index in [2.05, 4.69) is 34.9 Å². The highest BCUT2D eigenvalue weighted by Gasteiger charge is 2.29. The van der Waals surface area contributed by atoms with Crippen LogP contribution in [0.2, 0.25) is 0 Å². The molecular formula is C25H30N2O5. The number of carbonyl (C=O) groups is 3. The fraction of sp³-hybridized carbons (Fsp3) is 0.400. The monoisotopic (exact) mass is 438 g/mol. The predicted octanol–water partition coefficient (Wildman–Crippen LogP) is 3.92. The van der Waals surface area contributed by atoms with Crippen molar-refractivity contribution in [3.8, 4) is 11.1 Å². The highest BCUT2D eigenvalue weighted by atomic mass is 16.5. The van der Waals surface area contributed by atoms with Gasteiger partial charge in [0.15, 0.2) is 0 Å². The average molecular weight is 439 g/mol. The van der Waals surface area contributed by atoms with E-state index < -0.39 is 23.5 Å². The second kappa shape index (κ2) is 9.85. The number of hydrogen-bond donors (Lipinski definition) is 3. The number of amides is 2. The Morgan fingerprint density at radius 3 is 2.16 bits per heavy atom. The summed E-state index contributed by atoms with van der Waals surface area (Å²) in [6.07, 6.45) is -0.510. The topological polar surface area (TPSA) is 105 Å². The van der Waals surface area contributed by atoms with E-state index in [1.54, 1.807) is 6.92 Å². The molecule has 2 amide bonds. The van der Waals surface area contributed by atoms with Crippen LogP contribution < -0.4 is 10.6 Å². The van der Waals surface area contributed by atoms with Gasteiger partial charge in [-0.1, -0.05) is 62.4 Å². The number of carboxylic acid groups (broad SMARTS) is 1. The molecule has 7 heteroatoms. The Kier molecular flexibility index (Phi) is 7.18. The first kappa shape index (κ1) is 23.3. The molecule has 7 nitrogen and oxygen atoms in total. The first-order chi connectivity index (χ1) is 15.2. The Hall–Kier alpha value is -3.35. The maximum atomic E-state index is 12.4. The van der Waals surface area contributed by atoms with E-state index in [0.717, 1.165) is 11.1 Å². The lowest BCUT2D eigenvalue weighted by Gasteiger charge is -2.25. The SMILES string of the molecule is CC(CC(=O)O)NC(=O)CC(C)(C)CNC(=O)OCC1c2ccccc2-c2ccccc21. The summed E-state index contributed by atoms with van der Waals surface area (Å²) in [6, 6.07) is 15.8. The molecule has 0 bridgehead atoms. The number of nitrogens with one attached hydrogen (secondary N) is 2. The molecule has 170 valence electrons. The zero-order chi connectivity index (χ0) is 23.3. The van der Waals surface area contributed by atoms with E-state index in [-0.39, 0.29) is 37.8 Å². The Bertz CT molecular complexity index is 956. The Morgan fingerprint density at radius 2 is 1.59 bits per heavy atom. The zero-order valence-electron chi connectivity index (χ0n) is 18.7. The molecule has 3 rings (SSSR count). The van der Waals surface area contributed by atoms with Gasteiger partial charge >= 0.3 is 12.1 Å². The molecule has 0 spiro atoms. The van der Waals surface area contributed by atoms with Crippen LogP contribution in [0.5, 0.6) is 0 Å². The van der Waals surface area contributed by atoms with Gasteiger partial charge in [-0.25, -0.2) is 4.79 Å². The molecule has 1 aliphatic carbocycles. The lowest BCUT2D eigenvalue weighted by atomic mass is 9.89. The standard InChI is InChI=1S/C25H30N2O5/c1-16(12-23(29)30)27-22(28)13-25(2,3)15-26-24(31)32-14-21-19-10-6-4-8-17(19)18-9-5-7-11-20(18)21/h4-11,16,21H,12-15H2,1-3H3,(H,26,31)(H,27,28)(H,29,30). The molecule has 2 aromatic rings. The minimum Gasteiger partial charge on any atom is -0.481 e. The van der Waals surface area contributed by atoms with Crippen LogP contribution in [0, 0.1) is 5.41 Å². The maximum absolute atomic E-state index is 12.4. The molecule has 2 aromatic carbocycles. The van der Waals surface area contributed by atoms with Crippen LogP contribution in [0.25, 0.3) is 11.1 Å². The summed E-state index contributed by atoms with van der Waals surface area (Å²) in [6.45, 7) is 5.85. The Labute approximate surface area is 188 Å². The first-order valence-corrected chi connectivity index (χ1v) is 10.8. The third kappa shape index (κ3) is 5.87. The van der Waals surface area contributed by atoms with Crippen LogP contribution in [0.1, 0.15) is 50.7 Å². The lowest BCUT2D eigenvalue weighted by Crippen LogP contribution is -2.40. The number of alkyl carbamates (subject to hydrolysis) is 1. The fourth-order valence-corrected chi connectivity index (χ4v) is 4.10. The molecule has 0 radical (unpaired) electrons. The number of rotatable bonds is 9. The van der Waals surface area contributed by atoms with Crippen molar-refractivity contribution in [1.82, 2.24) is 10.6 Å². The van der Waals surface area contributed by atoms with Crippen molar-refractivity contribution in [2.24, 2.45) is 5.41 Å². The van der Waals surface area contributed by atoms with E-state index in [1.165, 1.54) is 11.1 Å². The van der Waals surface area contributed by atoms with Gasteiger partial charge in [0.05, 0.1) is 6.42 Å². The minimum atomic E-state index is -0.964. The summed E-state index contributed by atoms with van der Waals surface area (Å²) in [5.41, 5.74) is 4.12. The number of aliphatic carboxylic acids is 1. The Balaban J connectivity index is 1.50. The molecular weight excluding hydrogens is 408 g/mol. The van der Waals surface area contributed by atoms with Gasteiger partial charge in [-0.3, -0.25) is 9.59 Å². The van der Waals surface area contributed by atoms with Crippen LogP contribution >= 0.6 is 0 Å². The number of benzene rings is 2. The van der Waals surface area contributed by atoms with Gasteiger partial charge in [-0.2, -0.15) is 0 Å². The van der Waals surface area contributed by atoms with Gasteiger partial charge in [0.25, 0.3) is 0 Å². The first-order valence-electron chi connectivity index (χ1n) is 10.8. The van der Waals surface area contributed by atoms with Gasteiger partial charge in [0.2, 0.25) is 5.91 Å². The average Bonchev–Trinajstić information content (AvgIpc) is 3.03. The molecule has 0 aromatic heterocycles. The third-order valence-corrected chi connectivity index (χ3v) is 5.58. The summed E-state index contributed by atoms with van der Waals surface area (Å²) < 4.78 is 5.53. The van der Waals surface area contributed by atoms with Gasteiger partial charge in [-0.05, 0) is 34.6 Å². The van der Waals surface area contributed by atoms with Gasteiger partial charge in [0.1, 0.15) is 6.61 Å². The van der Waals surface area contributed by atoms with Crippen molar-refractivity contribution in [2.75, 3.05) is 13.2 Å². The second-order valence-corrected chi connectivity index (χ2v) is 9.09. The molecule has 1 unspecified atom stereocenters. The third-order valence-electron chi connectivity index (χ3n) is 5.58. The van der Waals surface area contributed by atoms with E-state index >= 15 is 0 Å². The summed E-state index contributed by atoms with van der Waals surface area (Å²) in [7, 11) is 0. The second-order valence-electron chi connectivity index (χ2n) is 9.09. The molecule has 0 heterocycles. The van der Waals surface area contributed by atoms with Crippen molar-refractivity contribution < 1.29 is 24.2 Å². The summed E-state index contributed by atoms with van der Waals surface area (Å²) in [4.78, 5) is 35.3. The van der Waals surface area contributed by atoms with Crippen LogP contribution in [0.15, 0.2) is 48.5 Å². The molecule has 0 fully saturated rings. The van der Waals surface area contributed by atoms with Crippen LogP contribution in [0.4, 0.5) is 4.79 Å². The fourth-order valence-electron chi connectivity index (χ4n) is 4.10. The summed E-state index contributed by atoms with van der Waals surface area (Å²) >= 11 is 0. The van der Waals surface area contributed by atoms with E-state index in [1.807, 2.05) is 38.1 Å². The predicted molar refractivity (Wildman–Crippen MR) is 121 cm³/mol. The lowest BCUT2D eigenvalue weighted by molar-refractivity contribution is -0.137. The van der Waals surface area contributed by atoms with Crippen molar-refractivity contribution in [3.63, 3.8) is 0 Å². The number of fused-ring (bicyclic) bond motifs is 3. The van der Waals surface area contributed by atoms with Gasteiger partial charge < -0.3 is 20.5 Å². The molecule has 1 aliphatic rings. The highest BCUT2D eigenvalue weighted by Crippen LogP contribution is 2.44. The van der Waals surface area contributed by atoms with Crippen LogP contribution in [0.3, 0.4) is 0 Å². The molecule has 0 saturated carbocycles. The summed E-state index contributed by atoms with van der Waals surface area (Å²) in [5.74, 6) is -1.23. The Morgan fingerprint density at radius 1 is 1.03 bits per heavy atom. The number of carboxylic acids is 1. The minimum absolute atomic E-state index is 0.0114.